The largest absolute Gasteiger partial charge is 0.391 e. The topological polar surface area (TPSA) is 62.5 Å². The molecule has 2 aromatic heterocycles. The van der Waals surface area contributed by atoms with E-state index < -0.39 is 6.10 Å². The molecule has 0 aromatic carbocycles. The normalized spacial score (nSPS) is 13.7. The molecule has 1 atom stereocenters. The zero-order chi connectivity index (χ0) is 14.0. The van der Waals surface area contributed by atoms with Gasteiger partial charge in [-0.25, -0.2) is 4.52 Å². The lowest BCUT2D eigenvalue weighted by Crippen LogP contribution is -2.25. The highest BCUT2D eigenvalue weighted by atomic mass is 16.3. The van der Waals surface area contributed by atoms with Crippen molar-refractivity contribution in [1.29, 1.82) is 0 Å². The molecule has 0 bridgehead atoms. The van der Waals surface area contributed by atoms with Gasteiger partial charge in [0.05, 0.1) is 6.10 Å². The lowest BCUT2D eigenvalue weighted by atomic mass is 9.89. The van der Waals surface area contributed by atoms with E-state index in [1.807, 2.05) is 25.3 Å². The Hall–Kier alpha value is -1.62. The average molecular weight is 262 g/mol. The third-order valence-corrected chi connectivity index (χ3v) is 2.90. The van der Waals surface area contributed by atoms with E-state index in [0.717, 1.165) is 17.6 Å². The lowest BCUT2D eigenvalue weighted by molar-refractivity contribution is 0.132. The number of aromatic nitrogens is 3. The molecule has 19 heavy (non-hydrogen) atoms. The Morgan fingerprint density at radius 1 is 1.42 bits per heavy atom. The van der Waals surface area contributed by atoms with Gasteiger partial charge in [0.2, 0.25) is 5.95 Å². The van der Waals surface area contributed by atoms with E-state index in [0.29, 0.717) is 12.5 Å². The van der Waals surface area contributed by atoms with Crippen molar-refractivity contribution in [2.45, 2.75) is 40.2 Å². The Kier molecular flexibility index (Phi) is 3.75. The predicted molar refractivity (Wildman–Crippen MR) is 76.3 cm³/mol. The first-order valence-corrected chi connectivity index (χ1v) is 6.59. The highest BCUT2D eigenvalue weighted by molar-refractivity contribution is 5.49. The number of fused-ring (bicyclic) bond motifs is 1. The number of anilines is 1. The van der Waals surface area contributed by atoms with Crippen LogP contribution in [0, 0.1) is 12.3 Å². The van der Waals surface area contributed by atoms with Crippen molar-refractivity contribution in [2.75, 3.05) is 11.9 Å². The molecule has 0 fully saturated rings. The summed E-state index contributed by atoms with van der Waals surface area (Å²) in [4.78, 5) is 4.41. The lowest BCUT2D eigenvalue weighted by Gasteiger charge is -2.22. The molecule has 0 aliphatic heterocycles. The third-order valence-electron chi connectivity index (χ3n) is 2.90. The highest BCUT2D eigenvalue weighted by Crippen LogP contribution is 2.20. The zero-order valence-corrected chi connectivity index (χ0v) is 12.0. The summed E-state index contributed by atoms with van der Waals surface area (Å²) in [6, 6.07) is 3.94. The predicted octanol–water partition coefficient (Wildman–Crippen LogP) is 2.25. The van der Waals surface area contributed by atoms with E-state index in [-0.39, 0.29) is 5.41 Å². The minimum atomic E-state index is -0.396. The van der Waals surface area contributed by atoms with Crippen LogP contribution in [0.15, 0.2) is 18.3 Å². The number of hydrogen-bond donors (Lipinski definition) is 2. The third kappa shape index (κ3) is 3.67. The number of aryl methyl sites for hydroxylation is 1. The molecule has 0 radical (unpaired) electrons. The first-order chi connectivity index (χ1) is 8.85. The molecule has 0 amide bonds. The molecule has 2 heterocycles. The van der Waals surface area contributed by atoms with E-state index in [9.17, 15) is 5.11 Å². The van der Waals surface area contributed by atoms with Gasteiger partial charge in [0.1, 0.15) is 0 Å². The number of pyridine rings is 1. The summed E-state index contributed by atoms with van der Waals surface area (Å²) in [6.45, 7) is 8.81. The molecule has 2 rings (SSSR count). The summed E-state index contributed by atoms with van der Waals surface area (Å²) < 4.78 is 1.74. The summed E-state index contributed by atoms with van der Waals surface area (Å²) >= 11 is 0. The van der Waals surface area contributed by atoms with Crippen LogP contribution in [0.3, 0.4) is 0 Å². The van der Waals surface area contributed by atoms with Gasteiger partial charge in [0.25, 0.3) is 0 Å². The second kappa shape index (κ2) is 5.17. The Morgan fingerprint density at radius 3 is 2.79 bits per heavy atom. The van der Waals surface area contributed by atoms with Gasteiger partial charge in [-0.3, -0.25) is 0 Å². The standard InChI is InChI=1S/C14H22N4O/c1-10-6-5-7-18-12(10)16-13(17-18)15-9-11(19)8-14(2,3)4/h5-7,11,19H,8-9H2,1-4H3,(H,15,17). The van der Waals surface area contributed by atoms with Crippen LogP contribution in [0.4, 0.5) is 5.95 Å². The van der Waals surface area contributed by atoms with E-state index >= 15 is 0 Å². The van der Waals surface area contributed by atoms with E-state index in [2.05, 4.69) is 36.2 Å². The molecular formula is C14H22N4O. The Labute approximate surface area is 113 Å². The van der Waals surface area contributed by atoms with Gasteiger partial charge < -0.3 is 10.4 Å². The summed E-state index contributed by atoms with van der Waals surface area (Å²) in [5.41, 5.74) is 2.04. The fourth-order valence-electron chi connectivity index (χ4n) is 2.10. The maximum absolute atomic E-state index is 9.95. The maximum Gasteiger partial charge on any atom is 0.243 e. The minimum absolute atomic E-state index is 0.115. The minimum Gasteiger partial charge on any atom is -0.391 e. The Bertz CT molecular complexity index is 556. The number of rotatable bonds is 4. The molecule has 5 heteroatoms. The number of aliphatic hydroxyl groups is 1. The fourth-order valence-corrected chi connectivity index (χ4v) is 2.10. The van der Waals surface area contributed by atoms with Crippen molar-refractivity contribution in [2.24, 2.45) is 5.41 Å². The average Bonchev–Trinajstić information content (AvgIpc) is 2.68. The van der Waals surface area contributed by atoms with Crippen LogP contribution < -0.4 is 5.32 Å². The van der Waals surface area contributed by atoms with Crippen LogP contribution in [-0.2, 0) is 0 Å². The van der Waals surface area contributed by atoms with Gasteiger partial charge in [-0.1, -0.05) is 26.8 Å². The number of nitrogens with zero attached hydrogens (tertiary/aromatic N) is 3. The monoisotopic (exact) mass is 262 g/mol. The van der Waals surface area contributed by atoms with Crippen LogP contribution in [0.1, 0.15) is 32.8 Å². The second-order valence-electron chi connectivity index (χ2n) is 6.19. The maximum atomic E-state index is 9.95. The van der Waals surface area contributed by atoms with Crippen LogP contribution >= 0.6 is 0 Å². The van der Waals surface area contributed by atoms with Gasteiger partial charge in [-0.05, 0) is 30.4 Å². The molecule has 104 valence electrons. The summed E-state index contributed by atoms with van der Waals surface area (Å²) in [6.07, 6.45) is 2.21. The molecule has 0 saturated carbocycles. The Balaban J connectivity index is 2.00. The van der Waals surface area contributed by atoms with Crippen molar-refractivity contribution in [3.8, 4) is 0 Å². The van der Waals surface area contributed by atoms with Crippen LogP contribution in [-0.4, -0.2) is 32.4 Å². The van der Waals surface area contributed by atoms with Crippen LogP contribution in [0.25, 0.3) is 5.65 Å². The SMILES string of the molecule is Cc1cccn2nc(NCC(O)CC(C)(C)C)nc12. The highest BCUT2D eigenvalue weighted by Gasteiger charge is 2.17. The smallest absolute Gasteiger partial charge is 0.243 e. The molecule has 0 spiro atoms. The van der Waals surface area contributed by atoms with Crippen molar-refractivity contribution >= 4 is 11.6 Å². The first kappa shape index (κ1) is 13.8. The van der Waals surface area contributed by atoms with E-state index in [4.69, 9.17) is 0 Å². The van der Waals surface area contributed by atoms with Crippen molar-refractivity contribution in [1.82, 2.24) is 14.6 Å². The quantitative estimate of drug-likeness (QED) is 0.887. The van der Waals surface area contributed by atoms with Crippen LogP contribution in [0.5, 0.6) is 0 Å². The molecule has 0 saturated heterocycles. The Morgan fingerprint density at radius 2 is 2.16 bits per heavy atom. The van der Waals surface area contributed by atoms with Crippen molar-refractivity contribution in [3.05, 3.63) is 23.9 Å². The first-order valence-electron chi connectivity index (χ1n) is 6.59. The molecule has 2 N–H and O–H groups in total. The number of nitrogens with one attached hydrogen (secondary N) is 1. The zero-order valence-electron chi connectivity index (χ0n) is 12.0. The van der Waals surface area contributed by atoms with E-state index in [1.54, 1.807) is 4.52 Å². The molecule has 1 unspecified atom stereocenters. The van der Waals surface area contributed by atoms with Gasteiger partial charge >= 0.3 is 0 Å². The van der Waals surface area contributed by atoms with Crippen molar-refractivity contribution in [3.63, 3.8) is 0 Å². The molecular weight excluding hydrogens is 240 g/mol. The van der Waals surface area contributed by atoms with E-state index in [1.165, 1.54) is 0 Å². The van der Waals surface area contributed by atoms with Crippen LogP contribution in [0.2, 0.25) is 0 Å². The van der Waals surface area contributed by atoms with Gasteiger partial charge in [-0.2, -0.15) is 4.98 Å². The van der Waals surface area contributed by atoms with Gasteiger partial charge in [-0.15, -0.1) is 5.10 Å². The number of aliphatic hydroxyl groups excluding tert-OH is 1. The number of hydrogen-bond acceptors (Lipinski definition) is 4. The summed E-state index contributed by atoms with van der Waals surface area (Å²) in [7, 11) is 0. The van der Waals surface area contributed by atoms with Gasteiger partial charge in [0, 0.05) is 12.7 Å². The second-order valence-corrected chi connectivity index (χ2v) is 6.19. The molecule has 5 nitrogen and oxygen atoms in total. The van der Waals surface area contributed by atoms with Gasteiger partial charge in [0.15, 0.2) is 5.65 Å². The fraction of sp³-hybridized carbons (Fsp3) is 0.571. The summed E-state index contributed by atoms with van der Waals surface area (Å²) in [5, 5.41) is 17.4. The summed E-state index contributed by atoms with van der Waals surface area (Å²) in [5.74, 6) is 0.558. The molecule has 0 aliphatic carbocycles. The van der Waals surface area contributed by atoms with Crippen molar-refractivity contribution < 1.29 is 5.11 Å². The molecule has 2 aromatic rings. The molecule has 0 aliphatic rings.